The molecule has 0 spiro atoms. The van der Waals surface area contributed by atoms with Crippen molar-refractivity contribution in [3.05, 3.63) is 86.6 Å². The summed E-state index contributed by atoms with van der Waals surface area (Å²) in [4.78, 5) is 27.7. The van der Waals surface area contributed by atoms with Gasteiger partial charge in [0.25, 0.3) is 5.56 Å². The van der Waals surface area contributed by atoms with Crippen LogP contribution in [0.5, 0.6) is 17.2 Å². The average molecular weight is 501 g/mol. The van der Waals surface area contributed by atoms with Crippen LogP contribution in [0.15, 0.2) is 68.6 Å². The summed E-state index contributed by atoms with van der Waals surface area (Å²) in [5.74, 6) is 1.80. The Labute approximate surface area is 213 Å². The Morgan fingerprint density at radius 1 is 0.973 bits per heavy atom. The minimum absolute atomic E-state index is 0.0550. The molecule has 8 nitrogen and oxygen atoms in total. The normalized spacial score (nSPS) is 19.0. The lowest BCUT2D eigenvalue weighted by molar-refractivity contribution is 0.113. The Morgan fingerprint density at radius 2 is 1.81 bits per heavy atom. The van der Waals surface area contributed by atoms with Crippen molar-refractivity contribution in [3.8, 4) is 28.4 Å². The van der Waals surface area contributed by atoms with E-state index in [4.69, 9.17) is 13.9 Å². The fourth-order valence-corrected chi connectivity index (χ4v) is 5.94. The van der Waals surface area contributed by atoms with Crippen LogP contribution >= 0.6 is 0 Å². The topological polar surface area (TPSA) is 94.1 Å². The first kappa shape index (κ1) is 23.4. The van der Waals surface area contributed by atoms with Gasteiger partial charge in [0.1, 0.15) is 11.3 Å². The summed E-state index contributed by atoms with van der Waals surface area (Å²) in [6, 6.07) is 16.0. The predicted octanol–water partition coefficient (Wildman–Crippen LogP) is 3.96. The molecule has 2 aliphatic rings. The Bertz CT molecular complexity index is 1620. The van der Waals surface area contributed by atoms with Gasteiger partial charge in [0.15, 0.2) is 11.5 Å². The highest BCUT2D eigenvalue weighted by Crippen LogP contribution is 2.38. The van der Waals surface area contributed by atoms with Crippen LogP contribution in [0.25, 0.3) is 22.1 Å². The van der Waals surface area contributed by atoms with Crippen molar-refractivity contribution in [1.29, 1.82) is 0 Å². The molecule has 2 atom stereocenters. The van der Waals surface area contributed by atoms with Gasteiger partial charge in [-0.3, -0.25) is 9.69 Å². The molecule has 6 rings (SSSR count). The van der Waals surface area contributed by atoms with Crippen molar-refractivity contribution in [2.45, 2.75) is 25.4 Å². The number of phenolic OH excluding ortho intramolecular Hbond substituents is 1. The molecular formula is C29H28N2O6. The Morgan fingerprint density at radius 3 is 2.62 bits per heavy atom. The van der Waals surface area contributed by atoms with E-state index >= 15 is 0 Å². The second-order valence-corrected chi connectivity index (χ2v) is 9.89. The molecular weight excluding hydrogens is 472 g/mol. The average Bonchev–Trinajstić information content (AvgIpc) is 2.90. The first-order chi connectivity index (χ1) is 17.9. The maximum atomic E-state index is 13.1. The highest BCUT2D eigenvalue weighted by molar-refractivity contribution is 5.86. The van der Waals surface area contributed by atoms with Crippen LogP contribution in [0.4, 0.5) is 0 Å². The number of likely N-dealkylation sites (tertiary alicyclic amines) is 1. The summed E-state index contributed by atoms with van der Waals surface area (Å²) in [6.07, 6.45) is 1.05. The van der Waals surface area contributed by atoms with Gasteiger partial charge >= 0.3 is 5.63 Å². The highest BCUT2D eigenvalue weighted by atomic mass is 16.5. The van der Waals surface area contributed by atoms with Crippen LogP contribution in [0.3, 0.4) is 0 Å². The molecule has 1 saturated heterocycles. The molecule has 4 aromatic rings. The summed E-state index contributed by atoms with van der Waals surface area (Å²) in [5.41, 5.74) is 2.68. The van der Waals surface area contributed by atoms with Crippen LogP contribution in [0, 0.1) is 5.92 Å². The lowest BCUT2D eigenvalue weighted by Crippen LogP contribution is -2.46. The van der Waals surface area contributed by atoms with Crippen molar-refractivity contribution in [3.63, 3.8) is 0 Å². The quantitative estimate of drug-likeness (QED) is 0.415. The minimum atomic E-state index is -0.490. The van der Waals surface area contributed by atoms with Crippen LogP contribution in [0.2, 0.25) is 0 Å². The molecule has 0 saturated carbocycles. The third kappa shape index (κ3) is 4.07. The zero-order valence-electron chi connectivity index (χ0n) is 20.8. The first-order valence-corrected chi connectivity index (χ1v) is 12.4. The molecule has 4 heterocycles. The van der Waals surface area contributed by atoms with Gasteiger partial charge in [-0.25, -0.2) is 4.79 Å². The van der Waals surface area contributed by atoms with E-state index in [2.05, 4.69) is 4.90 Å². The molecule has 2 aromatic heterocycles. The number of benzene rings is 2. The molecule has 8 heteroatoms. The van der Waals surface area contributed by atoms with Crippen molar-refractivity contribution in [2.24, 2.45) is 5.92 Å². The van der Waals surface area contributed by atoms with Crippen LogP contribution < -0.4 is 20.7 Å². The van der Waals surface area contributed by atoms with E-state index in [0.29, 0.717) is 52.8 Å². The number of nitrogens with zero attached hydrogens (tertiary/aromatic N) is 2. The lowest BCUT2D eigenvalue weighted by atomic mass is 9.83. The van der Waals surface area contributed by atoms with Crippen LogP contribution in [0.1, 0.15) is 23.6 Å². The second-order valence-electron chi connectivity index (χ2n) is 9.89. The number of ether oxygens (including phenoxy) is 2. The van der Waals surface area contributed by atoms with E-state index in [-0.39, 0.29) is 17.2 Å². The number of hydrogen-bond acceptors (Lipinski definition) is 7. The van der Waals surface area contributed by atoms with Gasteiger partial charge in [-0.05, 0) is 54.3 Å². The van der Waals surface area contributed by atoms with E-state index in [9.17, 15) is 14.7 Å². The zero-order chi connectivity index (χ0) is 25.7. The second kappa shape index (κ2) is 9.12. The fraction of sp³-hybridized carbons (Fsp3) is 0.310. The number of piperidine rings is 1. The molecule has 0 amide bonds. The Hall–Kier alpha value is -4.04. The maximum absolute atomic E-state index is 13.1. The van der Waals surface area contributed by atoms with E-state index in [1.54, 1.807) is 56.7 Å². The molecule has 1 fully saturated rings. The highest BCUT2D eigenvalue weighted by Gasteiger charge is 2.35. The predicted molar refractivity (Wildman–Crippen MR) is 140 cm³/mol. The Kier molecular flexibility index (Phi) is 5.76. The number of phenols is 1. The van der Waals surface area contributed by atoms with E-state index in [1.165, 1.54) is 0 Å². The summed E-state index contributed by atoms with van der Waals surface area (Å²) in [7, 11) is 3.11. The summed E-state index contributed by atoms with van der Waals surface area (Å²) in [6.45, 7) is 2.73. The molecule has 2 aliphatic heterocycles. The van der Waals surface area contributed by atoms with Gasteiger partial charge in [-0.15, -0.1) is 0 Å². The lowest BCUT2D eigenvalue weighted by Gasteiger charge is -2.42. The number of aromatic nitrogens is 1. The monoisotopic (exact) mass is 500 g/mol. The standard InChI is InChI=1S/C29H28N2O6/c1-35-25-9-7-18(12-26(25)36-2)21-11-19-6-8-24(32)22(28(19)37-29(21)34)16-30-13-17-10-20(15-30)23-4-3-5-27(33)31(23)14-17/h3-9,11-12,17,20,32H,10,13-16H2,1-2H3/t17-,20-/m0/s1. The zero-order valence-corrected chi connectivity index (χ0v) is 20.8. The summed E-state index contributed by atoms with van der Waals surface area (Å²) in [5, 5.41) is 11.5. The minimum Gasteiger partial charge on any atom is -0.507 e. The molecule has 0 radical (unpaired) electrons. The number of aromatic hydroxyl groups is 1. The van der Waals surface area contributed by atoms with Gasteiger partial charge in [-0.1, -0.05) is 12.1 Å². The fourth-order valence-electron chi connectivity index (χ4n) is 5.94. The van der Waals surface area contributed by atoms with E-state index in [1.807, 2.05) is 16.7 Å². The molecule has 2 aromatic carbocycles. The smallest absolute Gasteiger partial charge is 0.344 e. The van der Waals surface area contributed by atoms with Gasteiger partial charge in [0, 0.05) is 49.2 Å². The van der Waals surface area contributed by atoms with Gasteiger partial charge in [-0.2, -0.15) is 0 Å². The van der Waals surface area contributed by atoms with Crippen molar-refractivity contribution in [1.82, 2.24) is 9.47 Å². The molecule has 0 aliphatic carbocycles. The molecule has 190 valence electrons. The maximum Gasteiger partial charge on any atom is 0.344 e. The van der Waals surface area contributed by atoms with E-state index in [0.717, 1.165) is 30.6 Å². The third-order valence-corrected chi connectivity index (χ3v) is 7.61. The largest absolute Gasteiger partial charge is 0.507 e. The Balaban J connectivity index is 1.34. The first-order valence-electron chi connectivity index (χ1n) is 12.4. The van der Waals surface area contributed by atoms with Gasteiger partial charge < -0.3 is 23.6 Å². The van der Waals surface area contributed by atoms with Crippen LogP contribution in [-0.4, -0.2) is 41.9 Å². The molecule has 37 heavy (non-hydrogen) atoms. The van der Waals surface area contributed by atoms with Gasteiger partial charge in [0.05, 0.1) is 25.3 Å². The van der Waals surface area contributed by atoms with Crippen molar-refractivity contribution in [2.75, 3.05) is 27.3 Å². The van der Waals surface area contributed by atoms with E-state index < -0.39 is 5.63 Å². The van der Waals surface area contributed by atoms with Crippen LogP contribution in [-0.2, 0) is 13.1 Å². The molecule has 1 N–H and O–H groups in total. The molecule has 2 bridgehead atoms. The number of methoxy groups -OCH3 is 2. The SMILES string of the molecule is COc1ccc(-c2cc3ccc(O)c(CN4C[C@@H]5C[C@@H](C4)c4cccc(=O)n4C5)c3oc2=O)cc1OC. The molecule has 0 unspecified atom stereocenters. The third-order valence-electron chi connectivity index (χ3n) is 7.61. The summed E-state index contributed by atoms with van der Waals surface area (Å²) >= 11 is 0. The summed E-state index contributed by atoms with van der Waals surface area (Å²) < 4.78 is 18.4. The number of pyridine rings is 1. The van der Waals surface area contributed by atoms with Crippen molar-refractivity contribution >= 4 is 11.0 Å². The van der Waals surface area contributed by atoms with Gasteiger partial charge in [0.2, 0.25) is 0 Å². The number of rotatable bonds is 5. The van der Waals surface area contributed by atoms with Crippen molar-refractivity contribution < 1.29 is 19.0 Å². The number of fused-ring (bicyclic) bond motifs is 5. The number of hydrogen-bond donors (Lipinski definition) is 1.